The van der Waals surface area contributed by atoms with Gasteiger partial charge in [0.15, 0.2) is 11.6 Å². The molecule has 0 saturated carbocycles. The second-order valence-corrected chi connectivity index (χ2v) is 7.94. The highest BCUT2D eigenvalue weighted by Crippen LogP contribution is 2.39. The lowest BCUT2D eigenvalue weighted by molar-refractivity contribution is -0.137. The summed E-state index contributed by atoms with van der Waals surface area (Å²) in [6, 6.07) is 9.39. The van der Waals surface area contributed by atoms with Crippen LogP contribution in [0, 0.1) is 12.7 Å². The summed E-state index contributed by atoms with van der Waals surface area (Å²) >= 11 is 7.52. The van der Waals surface area contributed by atoms with Gasteiger partial charge in [0.25, 0.3) is 0 Å². The maximum atomic E-state index is 14.2. The zero-order valence-corrected chi connectivity index (χ0v) is 17.3. The highest BCUT2D eigenvalue weighted by atomic mass is 35.5. The van der Waals surface area contributed by atoms with E-state index < -0.39 is 17.6 Å². The molecule has 3 nitrogen and oxygen atoms in total. The maximum absolute atomic E-state index is 14.2. The van der Waals surface area contributed by atoms with Crippen molar-refractivity contribution < 1.29 is 17.6 Å². The number of hydrogen-bond acceptors (Lipinski definition) is 3. The molecule has 0 radical (unpaired) electrons. The van der Waals surface area contributed by atoms with Crippen molar-refractivity contribution in [3.63, 3.8) is 0 Å². The van der Waals surface area contributed by atoms with Crippen LogP contribution in [0.4, 0.5) is 17.6 Å². The van der Waals surface area contributed by atoms with Gasteiger partial charge in [0.05, 0.1) is 16.1 Å². The van der Waals surface area contributed by atoms with Gasteiger partial charge in [-0.2, -0.15) is 18.3 Å². The van der Waals surface area contributed by atoms with Gasteiger partial charge in [-0.3, -0.25) is 0 Å². The fraction of sp³-hybridized carbons (Fsp3) is 0.143. The Labute approximate surface area is 178 Å². The number of alkyl halides is 3. The summed E-state index contributed by atoms with van der Waals surface area (Å²) in [6.07, 6.45) is -4.38. The first-order chi connectivity index (χ1) is 14.2. The average Bonchev–Trinajstić information content (AvgIpc) is 3.23. The SMILES string of the molecule is Cc1c(-c2nc(-c3c(F)cccc3Cl)nn2C)csc1-c1ccc(C(F)(F)F)cc1. The van der Waals surface area contributed by atoms with E-state index in [0.29, 0.717) is 11.4 Å². The highest BCUT2D eigenvalue weighted by molar-refractivity contribution is 7.14. The van der Waals surface area contributed by atoms with Gasteiger partial charge in [0, 0.05) is 22.9 Å². The van der Waals surface area contributed by atoms with Gasteiger partial charge in [0.2, 0.25) is 0 Å². The summed E-state index contributed by atoms with van der Waals surface area (Å²) in [6.45, 7) is 1.86. The Kier molecular flexibility index (Phi) is 5.15. The minimum Gasteiger partial charge on any atom is -0.248 e. The fourth-order valence-corrected chi connectivity index (χ4v) is 4.49. The zero-order chi connectivity index (χ0) is 21.6. The summed E-state index contributed by atoms with van der Waals surface area (Å²) in [4.78, 5) is 5.30. The van der Waals surface area contributed by atoms with E-state index in [2.05, 4.69) is 10.1 Å². The minimum absolute atomic E-state index is 0.122. The van der Waals surface area contributed by atoms with E-state index in [1.807, 2.05) is 12.3 Å². The normalized spacial score (nSPS) is 11.8. The van der Waals surface area contributed by atoms with Gasteiger partial charge < -0.3 is 0 Å². The molecule has 9 heteroatoms. The minimum atomic E-state index is -4.38. The predicted molar refractivity (Wildman–Crippen MR) is 110 cm³/mol. The molecule has 0 aliphatic rings. The van der Waals surface area contributed by atoms with Gasteiger partial charge in [-0.1, -0.05) is 29.8 Å². The van der Waals surface area contributed by atoms with Crippen LogP contribution in [0.1, 0.15) is 11.1 Å². The molecule has 4 aromatic rings. The quantitative estimate of drug-likeness (QED) is 0.314. The third kappa shape index (κ3) is 3.61. The standard InChI is InChI=1S/C21H14ClF4N3S/c1-11-14(10-30-18(11)12-6-8-13(9-7-12)21(24,25)26)20-27-19(28-29(20)2)17-15(22)4-3-5-16(17)23/h3-10H,1-2H3. The molecule has 154 valence electrons. The number of rotatable bonds is 3. The zero-order valence-electron chi connectivity index (χ0n) is 15.8. The van der Waals surface area contributed by atoms with Gasteiger partial charge in [-0.25, -0.2) is 14.1 Å². The van der Waals surface area contributed by atoms with E-state index in [1.165, 1.54) is 40.3 Å². The molecule has 0 aliphatic heterocycles. The van der Waals surface area contributed by atoms with Gasteiger partial charge in [0.1, 0.15) is 5.82 Å². The molecular weight excluding hydrogens is 438 g/mol. The maximum Gasteiger partial charge on any atom is 0.416 e. The van der Waals surface area contributed by atoms with E-state index in [4.69, 9.17) is 11.6 Å². The molecule has 0 spiro atoms. The third-order valence-electron chi connectivity index (χ3n) is 4.70. The summed E-state index contributed by atoms with van der Waals surface area (Å²) in [5, 5.41) is 6.37. The van der Waals surface area contributed by atoms with Crippen LogP contribution in [0.5, 0.6) is 0 Å². The molecule has 2 aromatic carbocycles. The number of aryl methyl sites for hydroxylation is 1. The van der Waals surface area contributed by atoms with Crippen molar-refractivity contribution in [2.75, 3.05) is 0 Å². The van der Waals surface area contributed by atoms with Crippen LogP contribution in [-0.4, -0.2) is 14.8 Å². The Hall–Kier alpha value is -2.71. The summed E-state index contributed by atoms with van der Waals surface area (Å²) < 4.78 is 54.2. The number of nitrogens with zero attached hydrogens (tertiary/aromatic N) is 3. The van der Waals surface area contributed by atoms with E-state index in [0.717, 1.165) is 28.1 Å². The fourth-order valence-electron chi connectivity index (χ4n) is 3.17. The Morgan fingerprint density at radius 2 is 1.77 bits per heavy atom. The summed E-state index contributed by atoms with van der Waals surface area (Å²) in [7, 11) is 1.69. The molecule has 0 N–H and O–H groups in total. The molecule has 0 amide bonds. The lowest BCUT2D eigenvalue weighted by atomic mass is 10.0. The largest absolute Gasteiger partial charge is 0.416 e. The number of hydrogen-bond donors (Lipinski definition) is 0. The van der Waals surface area contributed by atoms with E-state index in [1.54, 1.807) is 13.1 Å². The first-order valence-electron chi connectivity index (χ1n) is 8.78. The van der Waals surface area contributed by atoms with Crippen LogP contribution >= 0.6 is 22.9 Å². The number of aromatic nitrogens is 3. The molecule has 0 atom stereocenters. The molecular formula is C21H14ClF4N3S. The van der Waals surface area contributed by atoms with Crippen molar-refractivity contribution >= 4 is 22.9 Å². The third-order valence-corrected chi connectivity index (χ3v) is 6.15. The van der Waals surface area contributed by atoms with E-state index >= 15 is 0 Å². The van der Waals surface area contributed by atoms with Crippen LogP contribution in [0.3, 0.4) is 0 Å². The number of benzene rings is 2. The van der Waals surface area contributed by atoms with Gasteiger partial charge >= 0.3 is 6.18 Å². The molecule has 0 saturated heterocycles. The Morgan fingerprint density at radius 3 is 2.40 bits per heavy atom. The number of thiophene rings is 1. The first kappa shape index (κ1) is 20.6. The molecule has 4 rings (SSSR count). The van der Waals surface area contributed by atoms with E-state index in [9.17, 15) is 17.6 Å². The molecule has 0 bridgehead atoms. The molecule has 0 unspecified atom stereocenters. The van der Waals surface area contributed by atoms with Crippen molar-refractivity contribution in [2.24, 2.45) is 7.05 Å². The van der Waals surface area contributed by atoms with Crippen molar-refractivity contribution in [3.8, 4) is 33.2 Å². The van der Waals surface area contributed by atoms with E-state index in [-0.39, 0.29) is 16.4 Å². The van der Waals surface area contributed by atoms with Crippen molar-refractivity contribution in [1.29, 1.82) is 0 Å². The Balaban J connectivity index is 1.74. The Morgan fingerprint density at radius 1 is 1.07 bits per heavy atom. The molecule has 2 aromatic heterocycles. The second-order valence-electron chi connectivity index (χ2n) is 6.66. The van der Waals surface area contributed by atoms with Crippen molar-refractivity contribution in [2.45, 2.75) is 13.1 Å². The van der Waals surface area contributed by atoms with Crippen LogP contribution in [-0.2, 0) is 13.2 Å². The molecule has 0 fully saturated rings. The van der Waals surface area contributed by atoms with Crippen LogP contribution in [0.15, 0.2) is 47.8 Å². The van der Waals surface area contributed by atoms with Crippen LogP contribution in [0.25, 0.3) is 33.2 Å². The number of halogens is 5. The molecule has 30 heavy (non-hydrogen) atoms. The predicted octanol–water partition coefficient (Wildman–Crippen LogP) is 7.00. The summed E-state index contributed by atoms with van der Waals surface area (Å²) in [5.74, 6) is 0.153. The second kappa shape index (κ2) is 7.52. The average molecular weight is 452 g/mol. The van der Waals surface area contributed by atoms with Crippen molar-refractivity contribution in [1.82, 2.24) is 14.8 Å². The van der Waals surface area contributed by atoms with Gasteiger partial charge in [-0.15, -0.1) is 11.3 Å². The lowest BCUT2D eigenvalue weighted by Crippen LogP contribution is -2.03. The lowest BCUT2D eigenvalue weighted by Gasteiger charge is -2.07. The highest BCUT2D eigenvalue weighted by Gasteiger charge is 2.30. The summed E-state index contributed by atoms with van der Waals surface area (Å²) in [5.41, 5.74) is 1.72. The molecule has 2 heterocycles. The van der Waals surface area contributed by atoms with Crippen molar-refractivity contribution in [3.05, 3.63) is 69.8 Å². The monoisotopic (exact) mass is 451 g/mol. The Bertz CT molecular complexity index is 1210. The van der Waals surface area contributed by atoms with Crippen LogP contribution in [0.2, 0.25) is 5.02 Å². The smallest absolute Gasteiger partial charge is 0.248 e. The molecule has 0 aliphatic carbocycles. The van der Waals surface area contributed by atoms with Gasteiger partial charge in [-0.05, 0) is 42.3 Å². The van der Waals surface area contributed by atoms with Crippen LogP contribution < -0.4 is 0 Å². The first-order valence-corrected chi connectivity index (χ1v) is 10.0. The topological polar surface area (TPSA) is 30.7 Å².